The van der Waals surface area contributed by atoms with Gasteiger partial charge in [0.2, 0.25) is 0 Å². The van der Waals surface area contributed by atoms with Crippen LogP contribution in [0.1, 0.15) is 5.76 Å². The van der Waals surface area contributed by atoms with Crippen LogP contribution in [-0.2, 0) is 4.79 Å². The van der Waals surface area contributed by atoms with Crippen molar-refractivity contribution in [3.63, 3.8) is 0 Å². The summed E-state index contributed by atoms with van der Waals surface area (Å²) in [6.45, 7) is 0.153. The van der Waals surface area contributed by atoms with Gasteiger partial charge >= 0.3 is 0 Å². The van der Waals surface area contributed by atoms with E-state index >= 15 is 0 Å². The van der Waals surface area contributed by atoms with E-state index in [0.29, 0.717) is 10.4 Å². The maximum absolute atomic E-state index is 11.6. The molecule has 0 aliphatic rings. The molecule has 1 aromatic heterocycles. The fourth-order valence-electron chi connectivity index (χ4n) is 1.36. The maximum Gasteiger partial charge on any atom is 0.259 e. The molecule has 1 aromatic carbocycles. The Bertz CT molecular complexity index is 610. The predicted molar refractivity (Wildman–Crippen MR) is 89.8 cm³/mol. The number of nitrogens with zero attached hydrogens (tertiary/aromatic N) is 1. The molecular formula is C13H11BrIN3O2. The Morgan fingerprint density at radius 3 is 2.70 bits per heavy atom. The van der Waals surface area contributed by atoms with Crippen molar-refractivity contribution in [1.82, 2.24) is 5.43 Å². The Kier molecular flexibility index (Phi) is 5.60. The first-order chi connectivity index (χ1) is 9.63. The fourth-order valence-corrected chi connectivity index (χ4v) is 2.03. The van der Waals surface area contributed by atoms with Crippen molar-refractivity contribution in [2.24, 2.45) is 5.10 Å². The summed E-state index contributed by atoms with van der Waals surface area (Å²) in [7, 11) is 0. The topological polar surface area (TPSA) is 66.6 Å². The van der Waals surface area contributed by atoms with Crippen LogP contribution < -0.4 is 10.7 Å². The molecule has 104 valence electrons. The number of rotatable bonds is 5. The van der Waals surface area contributed by atoms with Crippen LogP contribution in [0.4, 0.5) is 5.69 Å². The fraction of sp³-hybridized carbons (Fsp3) is 0.0769. The number of hydrogen-bond acceptors (Lipinski definition) is 4. The van der Waals surface area contributed by atoms with Crippen molar-refractivity contribution in [2.45, 2.75) is 0 Å². The summed E-state index contributed by atoms with van der Waals surface area (Å²) in [6.07, 6.45) is 1.44. The highest BCUT2D eigenvalue weighted by Crippen LogP contribution is 2.12. The minimum absolute atomic E-state index is 0.153. The van der Waals surface area contributed by atoms with E-state index in [1.165, 1.54) is 6.21 Å². The Labute approximate surface area is 138 Å². The first kappa shape index (κ1) is 15.0. The maximum atomic E-state index is 11.6. The van der Waals surface area contributed by atoms with Gasteiger partial charge < -0.3 is 9.73 Å². The van der Waals surface area contributed by atoms with E-state index < -0.39 is 0 Å². The number of furan rings is 1. The monoisotopic (exact) mass is 447 g/mol. The van der Waals surface area contributed by atoms with Crippen LogP contribution in [0.3, 0.4) is 0 Å². The van der Waals surface area contributed by atoms with Crippen LogP contribution >= 0.6 is 38.5 Å². The summed E-state index contributed by atoms with van der Waals surface area (Å²) >= 11 is 5.41. The van der Waals surface area contributed by atoms with Gasteiger partial charge in [0, 0.05) is 9.26 Å². The van der Waals surface area contributed by atoms with E-state index in [9.17, 15) is 4.79 Å². The lowest BCUT2D eigenvalue weighted by atomic mass is 10.3. The van der Waals surface area contributed by atoms with Crippen molar-refractivity contribution in [3.8, 4) is 0 Å². The van der Waals surface area contributed by atoms with Crippen LogP contribution in [-0.4, -0.2) is 18.7 Å². The second-order valence-electron chi connectivity index (χ2n) is 3.80. The lowest BCUT2D eigenvalue weighted by Gasteiger charge is -2.04. The molecule has 1 amide bonds. The van der Waals surface area contributed by atoms with E-state index in [-0.39, 0.29) is 12.5 Å². The minimum atomic E-state index is -0.231. The van der Waals surface area contributed by atoms with Gasteiger partial charge in [-0.05, 0) is 74.9 Å². The molecule has 20 heavy (non-hydrogen) atoms. The van der Waals surface area contributed by atoms with Gasteiger partial charge in [-0.2, -0.15) is 5.10 Å². The number of carbonyl (C=O) groups is 1. The van der Waals surface area contributed by atoms with E-state index in [4.69, 9.17) is 4.42 Å². The summed E-state index contributed by atoms with van der Waals surface area (Å²) in [4.78, 5) is 11.6. The summed E-state index contributed by atoms with van der Waals surface area (Å²) in [5, 5.41) is 6.81. The molecule has 0 fully saturated rings. The van der Waals surface area contributed by atoms with Crippen molar-refractivity contribution < 1.29 is 9.21 Å². The van der Waals surface area contributed by atoms with Gasteiger partial charge in [0.1, 0.15) is 5.76 Å². The van der Waals surface area contributed by atoms with Crippen molar-refractivity contribution in [2.75, 3.05) is 11.9 Å². The molecule has 5 nitrogen and oxygen atoms in total. The number of benzene rings is 1. The highest BCUT2D eigenvalue weighted by atomic mass is 127. The molecule has 0 radical (unpaired) electrons. The van der Waals surface area contributed by atoms with Gasteiger partial charge in [0.15, 0.2) is 4.67 Å². The number of nitrogens with one attached hydrogen (secondary N) is 2. The van der Waals surface area contributed by atoms with E-state index in [2.05, 4.69) is 54.4 Å². The van der Waals surface area contributed by atoms with Gasteiger partial charge in [-0.3, -0.25) is 4.79 Å². The highest BCUT2D eigenvalue weighted by molar-refractivity contribution is 14.1. The number of anilines is 1. The quantitative estimate of drug-likeness (QED) is 0.420. The number of amides is 1. The Morgan fingerprint density at radius 1 is 1.30 bits per heavy atom. The number of halogens is 2. The summed E-state index contributed by atoms with van der Waals surface area (Å²) in [6, 6.07) is 11.3. The van der Waals surface area contributed by atoms with Gasteiger partial charge in [-0.25, -0.2) is 5.43 Å². The third kappa shape index (κ3) is 4.97. The molecule has 7 heteroatoms. The lowest BCUT2D eigenvalue weighted by Crippen LogP contribution is -2.25. The summed E-state index contributed by atoms with van der Waals surface area (Å²) < 4.78 is 6.97. The number of carbonyl (C=O) groups excluding carboxylic acids is 1. The van der Waals surface area contributed by atoms with E-state index in [0.717, 1.165) is 9.26 Å². The van der Waals surface area contributed by atoms with Crippen LogP contribution in [0.15, 0.2) is 50.6 Å². The molecule has 2 aromatic rings. The highest BCUT2D eigenvalue weighted by Gasteiger charge is 2.00. The van der Waals surface area contributed by atoms with Gasteiger partial charge in [-0.1, -0.05) is 0 Å². The molecule has 0 saturated carbocycles. The molecule has 0 saturated heterocycles. The first-order valence-electron chi connectivity index (χ1n) is 5.70. The summed E-state index contributed by atoms with van der Waals surface area (Å²) in [5.41, 5.74) is 3.30. The number of hydrazone groups is 1. The molecule has 2 rings (SSSR count). The van der Waals surface area contributed by atoms with Gasteiger partial charge in [0.05, 0.1) is 12.8 Å². The van der Waals surface area contributed by atoms with Crippen molar-refractivity contribution >= 4 is 56.3 Å². The van der Waals surface area contributed by atoms with E-state index in [1.807, 2.05) is 24.3 Å². The van der Waals surface area contributed by atoms with E-state index in [1.54, 1.807) is 12.1 Å². The predicted octanol–water partition coefficient (Wildman–Crippen LogP) is 3.21. The molecular weight excluding hydrogens is 437 g/mol. The Balaban J connectivity index is 1.75. The molecule has 0 aliphatic heterocycles. The number of hydrogen-bond donors (Lipinski definition) is 2. The molecule has 0 atom stereocenters. The third-order valence-corrected chi connectivity index (χ3v) is 3.42. The third-order valence-electron chi connectivity index (χ3n) is 2.27. The Hall–Kier alpha value is -1.35. The zero-order valence-electron chi connectivity index (χ0n) is 10.3. The molecule has 2 N–H and O–H groups in total. The molecule has 0 spiro atoms. The van der Waals surface area contributed by atoms with Crippen LogP contribution in [0.25, 0.3) is 0 Å². The second-order valence-corrected chi connectivity index (χ2v) is 5.82. The molecule has 0 bridgehead atoms. The lowest BCUT2D eigenvalue weighted by molar-refractivity contribution is -0.119. The smallest absolute Gasteiger partial charge is 0.259 e. The van der Waals surface area contributed by atoms with Crippen molar-refractivity contribution in [1.29, 1.82) is 0 Å². The second kappa shape index (κ2) is 7.44. The van der Waals surface area contributed by atoms with Crippen molar-refractivity contribution in [3.05, 3.63) is 50.4 Å². The van der Waals surface area contributed by atoms with Gasteiger partial charge in [-0.15, -0.1) is 0 Å². The SMILES string of the molecule is O=C(CNc1ccc(I)cc1)N/N=C\c1ccc(Br)o1. The zero-order valence-corrected chi connectivity index (χ0v) is 14.0. The molecule has 0 unspecified atom stereocenters. The normalized spacial score (nSPS) is 10.7. The minimum Gasteiger partial charge on any atom is -0.448 e. The molecule has 0 aliphatic carbocycles. The average Bonchev–Trinajstić information content (AvgIpc) is 2.84. The largest absolute Gasteiger partial charge is 0.448 e. The van der Waals surface area contributed by atoms with Crippen LogP contribution in [0.5, 0.6) is 0 Å². The standard InChI is InChI=1S/C13H11BrIN3O2/c14-12-6-5-11(20-12)7-17-18-13(19)8-16-10-3-1-9(15)2-4-10/h1-7,16H,8H2,(H,18,19)/b17-7-. The Morgan fingerprint density at radius 2 is 2.05 bits per heavy atom. The van der Waals surface area contributed by atoms with Crippen LogP contribution in [0.2, 0.25) is 0 Å². The van der Waals surface area contributed by atoms with Crippen LogP contribution in [0, 0.1) is 3.57 Å². The average molecular weight is 448 g/mol. The molecule has 1 heterocycles. The van der Waals surface area contributed by atoms with Gasteiger partial charge in [0.25, 0.3) is 5.91 Å². The zero-order chi connectivity index (χ0) is 14.4. The first-order valence-corrected chi connectivity index (χ1v) is 7.57. The summed E-state index contributed by atoms with van der Waals surface area (Å²) in [5.74, 6) is 0.327.